The van der Waals surface area contributed by atoms with E-state index in [4.69, 9.17) is 0 Å². The Kier molecular flexibility index (Phi) is 4.58. The molecule has 2 aromatic rings. The van der Waals surface area contributed by atoms with Gasteiger partial charge in [-0.1, -0.05) is 30.3 Å². The van der Waals surface area contributed by atoms with Gasteiger partial charge in [-0.15, -0.1) is 11.8 Å². The smallest absolute Gasteiger partial charge is 0.234 e. The summed E-state index contributed by atoms with van der Waals surface area (Å²) >= 11 is 1.44. The molecule has 5 nitrogen and oxygen atoms in total. The number of anilines is 2. The van der Waals surface area contributed by atoms with Crippen LogP contribution in [0.3, 0.4) is 0 Å². The van der Waals surface area contributed by atoms with Gasteiger partial charge in [0.15, 0.2) is 0 Å². The van der Waals surface area contributed by atoms with Crippen LogP contribution < -0.4 is 10.0 Å². The van der Waals surface area contributed by atoms with Crippen LogP contribution >= 0.6 is 11.8 Å². The molecular weight excluding hydrogens is 332 g/mol. The number of aryl methyl sites for hydroxylation is 1. The lowest BCUT2D eigenvalue weighted by molar-refractivity contribution is -0.113. The van der Waals surface area contributed by atoms with E-state index in [-0.39, 0.29) is 11.7 Å². The molecule has 1 aliphatic rings. The minimum atomic E-state index is -3.44. The lowest BCUT2D eigenvalue weighted by atomic mass is 10.2. The highest BCUT2D eigenvalue weighted by Crippen LogP contribution is 2.33. The summed E-state index contributed by atoms with van der Waals surface area (Å²) in [7, 11) is -3.44. The van der Waals surface area contributed by atoms with E-state index in [1.807, 2.05) is 36.4 Å². The van der Waals surface area contributed by atoms with Crippen molar-refractivity contribution in [1.82, 2.24) is 0 Å². The summed E-state index contributed by atoms with van der Waals surface area (Å²) in [6.45, 7) is 0. The minimum absolute atomic E-state index is 0.00913. The third-order valence-corrected chi connectivity index (χ3v) is 5.75. The second kappa shape index (κ2) is 6.64. The number of rotatable bonds is 5. The highest BCUT2D eigenvalue weighted by molar-refractivity contribution is 8.00. The lowest BCUT2D eigenvalue weighted by Gasteiger charge is -2.17. The minimum Gasteiger partial charge on any atom is -0.324 e. The van der Waals surface area contributed by atoms with Gasteiger partial charge in [-0.25, -0.2) is 8.42 Å². The highest BCUT2D eigenvalue weighted by atomic mass is 32.2. The van der Waals surface area contributed by atoms with E-state index in [9.17, 15) is 13.2 Å². The molecule has 2 aromatic carbocycles. The number of carbonyl (C=O) groups excluding carboxylic acids is 1. The number of nitrogens with one attached hydrogen (secondary N) is 2. The fourth-order valence-corrected chi connectivity index (χ4v) is 4.16. The van der Waals surface area contributed by atoms with Gasteiger partial charge >= 0.3 is 0 Å². The molecule has 1 amide bonds. The predicted molar refractivity (Wildman–Crippen MR) is 93.4 cm³/mol. The van der Waals surface area contributed by atoms with Crippen LogP contribution in [0.2, 0.25) is 0 Å². The highest BCUT2D eigenvalue weighted by Gasteiger charge is 2.17. The third kappa shape index (κ3) is 4.27. The first-order valence-corrected chi connectivity index (χ1v) is 9.77. The zero-order valence-electron chi connectivity index (χ0n) is 12.3. The van der Waals surface area contributed by atoms with Crippen molar-refractivity contribution in [3.05, 3.63) is 54.1 Å². The van der Waals surface area contributed by atoms with Crippen molar-refractivity contribution < 1.29 is 13.2 Å². The van der Waals surface area contributed by atoms with Gasteiger partial charge < -0.3 is 5.32 Å². The summed E-state index contributed by atoms with van der Waals surface area (Å²) < 4.78 is 27.0. The Morgan fingerprint density at radius 2 is 1.91 bits per heavy atom. The predicted octanol–water partition coefficient (Wildman–Crippen LogP) is 2.72. The van der Waals surface area contributed by atoms with Crippen LogP contribution in [-0.2, 0) is 21.2 Å². The second-order valence-electron chi connectivity index (χ2n) is 5.20. The van der Waals surface area contributed by atoms with Gasteiger partial charge in [0.1, 0.15) is 0 Å². The fourth-order valence-electron chi connectivity index (χ4n) is 2.27. The monoisotopic (exact) mass is 348 g/mol. The Hall–Kier alpha value is -1.99. The molecule has 1 heterocycles. The first-order valence-electron chi connectivity index (χ1n) is 7.13. The summed E-state index contributed by atoms with van der Waals surface area (Å²) in [6.07, 6.45) is 0.452. The summed E-state index contributed by atoms with van der Waals surface area (Å²) in [6, 6.07) is 14.7. The van der Waals surface area contributed by atoms with Gasteiger partial charge in [-0.3, -0.25) is 9.52 Å². The molecule has 3 rings (SSSR count). The molecule has 23 heavy (non-hydrogen) atoms. The van der Waals surface area contributed by atoms with Gasteiger partial charge in [0.2, 0.25) is 15.9 Å². The van der Waals surface area contributed by atoms with Crippen molar-refractivity contribution in [1.29, 1.82) is 0 Å². The van der Waals surface area contributed by atoms with E-state index in [0.29, 0.717) is 23.5 Å². The molecule has 0 saturated carbocycles. The summed E-state index contributed by atoms with van der Waals surface area (Å²) in [5.41, 5.74) is 2.08. The molecule has 0 spiro atoms. The first kappa shape index (κ1) is 15.9. The quantitative estimate of drug-likeness (QED) is 0.871. The molecule has 0 fully saturated rings. The van der Waals surface area contributed by atoms with E-state index in [0.717, 1.165) is 10.5 Å². The molecule has 0 aliphatic carbocycles. The fraction of sp³-hybridized carbons (Fsp3) is 0.188. The number of amides is 1. The van der Waals surface area contributed by atoms with Gasteiger partial charge in [0.05, 0.1) is 22.9 Å². The van der Waals surface area contributed by atoms with E-state index in [1.165, 1.54) is 11.8 Å². The Bertz CT molecular complexity index is 820. The number of fused-ring (bicyclic) bond motifs is 1. The summed E-state index contributed by atoms with van der Waals surface area (Å²) in [4.78, 5) is 12.4. The maximum Gasteiger partial charge on any atom is 0.234 e. The summed E-state index contributed by atoms with van der Waals surface area (Å²) in [5, 5.41) is 2.75. The first-order chi connectivity index (χ1) is 11.0. The number of carbonyl (C=O) groups is 1. The Morgan fingerprint density at radius 1 is 1.13 bits per heavy atom. The topological polar surface area (TPSA) is 75.3 Å². The van der Waals surface area contributed by atoms with Gasteiger partial charge in [0, 0.05) is 4.90 Å². The van der Waals surface area contributed by atoms with Crippen LogP contribution in [0.5, 0.6) is 0 Å². The van der Waals surface area contributed by atoms with E-state index < -0.39 is 10.0 Å². The molecule has 0 aromatic heterocycles. The van der Waals surface area contributed by atoms with E-state index >= 15 is 0 Å². The largest absolute Gasteiger partial charge is 0.324 e. The molecule has 0 radical (unpaired) electrons. The summed E-state index contributed by atoms with van der Waals surface area (Å²) in [5.74, 6) is 0.316. The maximum absolute atomic E-state index is 12.2. The van der Waals surface area contributed by atoms with Crippen LogP contribution in [0.25, 0.3) is 0 Å². The van der Waals surface area contributed by atoms with Gasteiger partial charge in [-0.05, 0) is 30.2 Å². The number of hydrogen-bond acceptors (Lipinski definition) is 4. The molecule has 2 N–H and O–H groups in total. The number of benzene rings is 2. The van der Waals surface area contributed by atoms with Crippen molar-refractivity contribution >= 4 is 39.1 Å². The third-order valence-electron chi connectivity index (χ3n) is 3.39. The second-order valence-corrected chi connectivity index (χ2v) is 8.06. The average molecular weight is 348 g/mol. The van der Waals surface area contributed by atoms with Crippen molar-refractivity contribution in [2.24, 2.45) is 0 Å². The maximum atomic E-state index is 12.2. The standard InChI is InChI=1S/C16H16N2O3S2/c19-16-11-22-15-7-6-13(10-14(15)17-16)18-23(20,21)9-8-12-4-2-1-3-5-12/h1-7,10,18H,8-9,11H2,(H,17,19). The lowest BCUT2D eigenvalue weighted by Crippen LogP contribution is -2.20. The molecule has 7 heteroatoms. The molecule has 0 saturated heterocycles. The van der Waals surface area contributed by atoms with Crippen LogP contribution in [-0.4, -0.2) is 25.8 Å². The van der Waals surface area contributed by atoms with Crippen LogP contribution in [0.4, 0.5) is 11.4 Å². The zero-order chi connectivity index (χ0) is 16.3. The Morgan fingerprint density at radius 3 is 2.70 bits per heavy atom. The molecular formula is C16H16N2O3S2. The van der Waals surface area contributed by atoms with Crippen LogP contribution in [0, 0.1) is 0 Å². The Balaban J connectivity index is 1.68. The molecule has 1 aliphatic heterocycles. The van der Waals surface area contributed by atoms with Crippen LogP contribution in [0.15, 0.2) is 53.4 Å². The molecule has 120 valence electrons. The van der Waals surface area contributed by atoms with E-state index in [1.54, 1.807) is 12.1 Å². The van der Waals surface area contributed by atoms with Crippen molar-refractivity contribution in [3.8, 4) is 0 Å². The normalized spacial score (nSPS) is 14.0. The van der Waals surface area contributed by atoms with Crippen molar-refractivity contribution in [3.63, 3.8) is 0 Å². The van der Waals surface area contributed by atoms with Crippen LogP contribution in [0.1, 0.15) is 5.56 Å². The number of sulfonamides is 1. The zero-order valence-corrected chi connectivity index (χ0v) is 13.9. The van der Waals surface area contributed by atoms with Gasteiger partial charge in [0.25, 0.3) is 0 Å². The van der Waals surface area contributed by atoms with Gasteiger partial charge in [-0.2, -0.15) is 0 Å². The molecule has 0 bridgehead atoms. The number of thioether (sulfide) groups is 1. The Labute approximate surface area is 139 Å². The van der Waals surface area contributed by atoms with Crippen molar-refractivity contribution in [2.45, 2.75) is 11.3 Å². The van der Waals surface area contributed by atoms with E-state index in [2.05, 4.69) is 10.0 Å². The molecule has 0 unspecified atom stereocenters. The molecule has 0 atom stereocenters. The SMILES string of the molecule is O=C1CSc2ccc(NS(=O)(=O)CCc3ccccc3)cc2N1. The number of hydrogen-bond donors (Lipinski definition) is 2. The average Bonchev–Trinajstić information content (AvgIpc) is 2.53. The van der Waals surface area contributed by atoms with Crippen molar-refractivity contribution in [2.75, 3.05) is 21.5 Å².